The van der Waals surface area contributed by atoms with Crippen molar-refractivity contribution in [1.29, 1.82) is 0 Å². The first-order chi connectivity index (χ1) is 7.20. The van der Waals surface area contributed by atoms with E-state index in [4.69, 9.17) is 5.11 Å². The van der Waals surface area contributed by atoms with Crippen LogP contribution in [0.1, 0.15) is 12.8 Å². The van der Waals surface area contributed by atoms with E-state index in [-0.39, 0.29) is 18.6 Å². The molecular weight excluding hydrogens is 192 g/mol. The quantitative estimate of drug-likeness (QED) is 0.672. The summed E-state index contributed by atoms with van der Waals surface area (Å²) in [4.78, 5) is 15.9. The molecule has 0 aromatic carbocycles. The average Bonchev–Trinajstić information content (AvgIpc) is 2.34. The molecule has 1 atom stereocenters. The highest BCUT2D eigenvalue weighted by Crippen LogP contribution is 2.12. The van der Waals surface area contributed by atoms with Crippen molar-refractivity contribution in [3.05, 3.63) is 12.7 Å². The van der Waals surface area contributed by atoms with Crippen LogP contribution in [0.4, 0.5) is 0 Å². The number of aliphatic hydroxyl groups is 1. The molecule has 0 radical (unpaired) electrons. The molecule has 1 amide bonds. The zero-order chi connectivity index (χ0) is 11.3. The molecule has 1 aliphatic rings. The van der Waals surface area contributed by atoms with Crippen molar-refractivity contribution in [2.45, 2.75) is 18.9 Å². The van der Waals surface area contributed by atoms with Crippen LogP contribution in [0.5, 0.6) is 0 Å². The maximum Gasteiger partial charge on any atom is 0.240 e. The third-order valence-electron chi connectivity index (χ3n) is 2.82. The van der Waals surface area contributed by atoms with Crippen molar-refractivity contribution >= 4 is 5.91 Å². The molecule has 0 bridgehead atoms. The first-order valence-electron chi connectivity index (χ1n) is 5.41. The lowest BCUT2D eigenvalue weighted by atomic mass is 10.1. The first-order valence-corrected chi connectivity index (χ1v) is 5.41. The minimum atomic E-state index is -0.169. The lowest BCUT2D eigenvalue weighted by Crippen LogP contribution is -2.44. The summed E-state index contributed by atoms with van der Waals surface area (Å²) in [5.41, 5.74) is 0. The molecule has 86 valence electrons. The normalized spacial score (nSPS) is 24.0. The van der Waals surface area contributed by atoms with Crippen molar-refractivity contribution in [3.8, 4) is 0 Å². The number of amides is 1. The largest absolute Gasteiger partial charge is 0.396 e. The van der Waals surface area contributed by atoms with Gasteiger partial charge < -0.3 is 10.0 Å². The Morgan fingerprint density at radius 3 is 2.93 bits per heavy atom. The second-order valence-corrected chi connectivity index (χ2v) is 3.94. The number of aliphatic hydroxyl groups excluding tert-OH is 1. The van der Waals surface area contributed by atoms with Gasteiger partial charge in [-0.1, -0.05) is 6.08 Å². The maximum atomic E-state index is 12.1. The van der Waals surface area contributed by atoms with Gasteiger partial charge in [-0.05, 0) is 19.9 Å². The van der Waals surface area contributed by atoms with Crippen LogP contribution in [0, 0.1) is 0 Å². The molecular formula is C11H20N2O2. The van der Waals surface area contributed by atoms with Gasteiger partial charge >= 0.3 is 0 Å². The molecule has 1 heterocycles. The number of hydrogen-bond acceptors (Lipinski definition) is 3. The summed E-state index contributed by atoms with van der Waals surface area (Å²) in [7, 11) is 1.94. The van der Waals surface area contributed by atoms with Crippen LogP contribution in [0.3, 0.4) is 0 Å². The number of carbonyl (C=O) groups excluding carboxylic acids is 1. The molecule has 1 saturated heterocycles. The Bertz CT molecular complexity index is 231. The summed E-state index contributed by atoms with van der Waals surface area (Å²) in [5.74, 6) is 0.115. The second kappa shape index (κ2) is 5.88. The lowest BCUT2D eigenvalue weighted by molar-refractivity contribution is -0.135. The minimum absolute atomic E-state index is 0.0582. The van der Waals surface area contributed by atoms with Gasteiger partial charge in [0.15, 0.2) is 0 Å². The zero-order valence-electron chi connectivity index (χ0n) is 9.35. The van der Waals surface area contributed by atoms with Gasteiger partial charge in [0.05, 0.1) is 6.04 Å². The predicted octanol–water partition coefficient (Wildman–Crippen LogP) is 0.0875. The van der Waals surface area contributed by atoms with Gasteiger partial charge in [-0.25, -0.2) is 0 Å². The number of nitrogens with zero attached hydrogens (tertiary/aromatic N) is 2. The third-order valence-corrected chi connectivity index (χ3v) is 2.82. The molecule has 0 saturated carbocycles. The topological polar surface area (TPSA) is 43.8 Å². The fourth-order valence-electron chi connectivity index (χ4n) is 1.98. The summed E-state index contributed by atoms with van der Waals surface area (Å²) < 4.78 is 0. The number of carbonyl (C=O) groups is 1. The van der Waals surface area contributed by atoms with E-state index in [9.17, 15) is 4.79 Å². The van der Waals surface area contributed by atoms with Gasteiger partial charge in [0.25, 0.3) is 0 Å². The number of hydrogen-bond donors (Lipinski definition) is 1. The Kier molecular flexibility index (Phi) is 4.78. The Hall–Kier alpha value is -0.870. The van der Waals surface area contributed by atoms with Gasteiger partial charge in [-0.15, -0.1) is 6.58 Å². The predicted molar refractivity (Wildman–Crippen MR) is 59.5 cm³/mol. The molecule has 1 fully saturated rings. The highest BCUT2D eigenvalue weighted by atomic mass is 16.3. The van der Waals surface area contributed by atoms with E-state index in [1.54, 1.807) is 6.08 Å². The second-order valence-electron chi connectivity index (χ2n) is 3.94. The number of rotatable bonds is 4. The van der Waals surface area contributed by atoms with Gasteiger partial charge in [-0.2, -0.15) is 0 Å². The van der Waals surface area contributed by atoms with E-state index >= 15 is 0 Å². The average molecular weight is 212 g/mol. The van der Waals surface area contributed by atoms with Crippen molar-refractivity contribution in [3.63, 3.8) is 0 Å². The van der Waals surface area contributed by atoms with Crippen molar-refractivity contribution in [1.82, 2.24) is 9.80 Å². The molecule has 15 heavy (non-hydrogen) atoms. The summed E-state index contributed by atoms with van der Waals surface area (Å²) in [6, 6.07) is -0.169. The summed E-state index contributed by atoms with van der Waals surface area (Å²) in [5, 5.41) is 8.94. The van der Waals surface area contributed by atoms with Crippen LogP contribution >= 0.6 is 0 Å². The first kappa shape index (κ1) is 12.2. The standard InChI is InChI=1S/C11H20N2O2/c1-3-6-13-8-4-7-12(2)10(5-9-14)11(13)15/h3,10,14H,1,4-9H2,2H3. The fourth-order valence-corrected chi connectivity index (χ4v) is 1.98. The van der Waals surface area contributed by atoms with Crippen LogP contribution in [0.2, 0.25) is 0 Å². The van der Waals surface area contributed by atoms with E-state index in [1.807, 2.05) is 16.8 Å². The molecule has 0 aliphatic carbocycles. The molecule has 1 unspecified atom stereocenters. The van der Waals surface area contributed by atoms with Crippen molar-refractivity contribution < 1.29 is 9.90 Å². The van der Waals surface area contributed by atoms with E-state index in [1.165, 1.54) is 0 Å². The minimum Gasteiger partial charge on any atom is -0.396 e. The van der Waals surface area contributed by atoms with E-state index in [2.05, 4.69) is 6.58 Å². The summed E-state index contributed by atoms with van der Waals surface area (Å²) in [6.07, 6.45) is 3.25. The van der Waals surface area contributed by atoms with E-state index in [0.717, 1.165) is 19.5 Å². The molecule has 1 aliphatic heterocycles. The Morgan fingerprint density at radius 2 is 2.33 bits per heavy atom. The van der Waals surface area contributed by atoms with Gasteiger partial charge in [0.1, 0.15) is 0 Å². The molecule has 0 aromatic rings. The van der Waals surface area contributed by atoms with Crippen LogP contribution in [0.15, 0.2) is 12.7 Å². The van der Waals surface area contributed by atoms with Crippen LogP contribution in [-0.4, -0.2) is 60.1 Å². The van der Waals surface area contributed by atoms with E-state index in [0.29, 0.717) is 13.0 Å². The molecule has 1 N–H and O–H groups in total. The van der Waals surface area contributed by atoms with Crippen molar-refractivity contribution in [2.24, 2.45) is 0 Å². The molecule has 4 nitrogen and oxygen atoms in total. The maximum absolute atomic E-state index is 12.1. The van der Waals surface area contributed by atoms with Crippen molar-refractivity contribution in [2.75, 3.05) is 33.3 Å². The molecule has 1 rings (SSSR count). The van der Waals surface area contributed by atoms with E-state index < -0.39 is 0 Å². The Balaban J connectivity index is 2.71. The molecule has 0 aromatic heterocycles. The lowest BCUT2D eigenvalue weighted by Gasteiger charge is -2.26. The monoisotopic (exact) mass is 212 g/mol. The highest BCUT2D eigenvalue weighted by Gasteiger charge is 2.29. The summed E-state index contributed by atoms with van der Waals surface area (Å²) >= 11 is 0. The Morgan fingerprint density at radius 1 is 1.60 bits per heavy atom. The third kappa shape index (κ3) is 3.04. The fraction of sp³-hybridized carbons (Fsp3) is 0.727. The zero-order valence-corrected chi connectivity index (χ0v) is 9.35. The van der Waals surface area contributed by atoms with Crippen LogP contribution < -0.4 is 0 Å². The van der Waals surface area contributed by atoms with Gasteiger partial charge in [0, 0.05) is 26.2 Å². The molecule has 0 spiro atoms. The smallest absolute Gasteiger partial charge is 0.240 e. The van der Waals surface area contributed by atoms with Crippen LogP contribution in [-0.2, 0) is 4.79 Å². The Labute approximate surface area is 91.2 Å². The molecule has 4 heteroatoms. The summed E-state index contributed by atoms with van der Waals surface area (Å²) in [6.45, 7) is 6.01. The van der Waals surface area contributed by atoms with Crippen LogP contribution in [0.25, 0.3) is 0 Å². The highest BCUT2D eigenvalue weighted by molar-refractivity contribution is 5.82. The van der Waals surface area contributed by atoms with Gasteiger partial charge in [-0.3, -0.25) is 9.69 Å². The number of likely N-dealkylation sites (N-methyl/N-ethyl adjacent to an activating group) is 1. The SMILES string of the molecule is C=CCN1CCCN(C)C(CCO)C1=O. The van der Waals surface area contributed by atoms with Gasteiger partial charge in [0.2, 0.25) is 5.91 Å².